The second-order valence-corrected chi connectivity index (χ2v) is 3.72. The molecule has 0 spiro atoms. The van der Waals surface area contributed by atoms with Gasteiger partial charge in [-0.15, -0.1) is 0 Å². The first-order valence-electron chi connectivity index (χ1n) is 3.78. The van der Waals surface area contributed by atoms with Gasteiger partial charge in [0.15, 0.2) is 0 Å². The van der Waals surface area contributed by atoms with Crippen molar-refractivity contribution in [1.29, 1.82) is 0 Å². The molecule has 1 rings (SSSR count). The first-order valence-corrected chi connectivity index (χ1v) is 5.12. The molecule has 78 valence electrons. The van der Waals surface area contributed by atoms with Gasteiger partial charge in [0.1, 0.15) is 6.10 Å². The topological polar surface area (TPSA) is 71.1 Å². The Balaban J connectivity index is 2.11. The van der Waals surface area contributed by atoms with Gasteiger partial charge in [-0.1, -0.05) is 0 Å². The Bertz CT molecular complexity index is 236. The molecule has 6 nitrogen and oxygen atoms in total. The normalized spacial score (nSPS) is 26.4. The number of hydrogen-bond donors (Lipinski definition) is 0. The third kappa shape index (κ3) is 4.01. The molecule has 0 aromatic heterocycles. The van der Waals surface area contributed by atoms with Crippen LogP contribution in [0.25, 0.3) is 0 Å². The van der Waals surface area contributed by atoms with Gasteiger partial charge >= 0.3 is 10.4 Å². The summed E-state index contributed by atoms with van der Waals surface area (Å²) in [7, 11) is -2.19. The molecule has 0 saturated carbocycles. The smallest absolute Gasteiger partial charge is 0.382 e. The van der Waals surface area contributed by atoms with Crippen molar-refractivity contribution in [2.75, 3.05) is 33.5 Å². The van der Waals surface area contributed by atoms with Crippen molar-refractivity contribution >= 4 is 10.4 Å². The second kappa shape index (κ2) is 4.87. The van der Waals surface area contributed by atoms with Crippen LogP contribution < -0.4 is 0 Å². The lowest BCUT2D eigenvalue weighted by Crippen LogP contribution is -2.19. The fourth-order valence-electron chi connectivity index (χ4n) is 0.814. The lowest BCUT2D eigenvalue weighted by molar-refractivity contribution is 0.0296. The Morgan fingerprint density at radius 2 is 2.23 bits per heavy atom. The summed E-state index contributed by atoms with van der Waals surface area (Å²) < 4.78 is 39.9. The van der Waals surface area contributed by atoms with Crippen LogP contribution >= 0.6 is 0 Å². The summed E-state index contributed by atoms with van der Waals surface area (Å²) >= 11 is 0. The number of ether oxygens (including phenoxy) is 2. The summed E-state index contributed by atoms with van der Waals surface area (Å²) in [5.74, 6) is 0. The first-order chi connectivity index (χ1) is 6.14. The molecule has 0 aromatic carbocycles. The van der Waals surface area contributed by atoms with Crippen LogP contribution in [0, 0.1) is 0 Å². The third-order valence-electron chi connectivity index (χ3n) is 1.39. The zero-order chi connectivity index (χ0) is 9.73. The molecule has 1 aliphatic heterocycles. The molecular weight excluding hydrogens is 200 g/mol. The zero-order valence-corrected chi connectivity index (χ0v) is 8.08. The summed E-state index contributed by atoms with van der Waals surface area (Å²) in [6, 6.07) is 0. The van der Waals surface area contributed by atoms with Crippen molar-refractivity contribution in [3.8, 4) is 0 Å². The second-order valence-electron chi connectivity index (χ2n) is 2.48. The predicted octanol–water partition coefficient (Wildman–Crippen LogP) is -0.690. The standard InChI is InChI=1S/C6H12O6S/c1-9-2-3-10-4-6-5-11-13(7,8)12-6/h6H,2-5H2,1H3/t6-/m1/s1. The van der Waals surface area contributed by atoms with Gasteiger partial charge in [0, 0.05) is 7.11 Å². The van der Waals surface area contributed by atoms with Crippen LogP contribution in [0.1, 0.15) is 0 Å². The molecule has 1 atom stereocenters. The minimum Gasteiger partial charge on any atom is -0.382 e. The molecule has 0 radical (unpaired) electrons. The number of rotatable bonds is 5. The highest BCUT2D eigenvalue weighted by atomic mass is 32.3. The maximum Gasteiger partial charge on any atom is 0.400 e. The highest BCUT2D eigenvalue weighted by molar-refractivity contribution is 7.82. The molecule has 0 bridgehead atoms. The summed E-state index contributed by atoms with van der Waals surface area (Å²) in [5.41, 5.74) is 0. The predicted molar refractivity (Wildman–Crippen MR) is 42.4 cm³/mol. The summed E-state index contributed by atoms with van der Waals surface area (Å²) in [6.45, 7) is 1.11. The Morgan fingerprint density at radius 3 is 2.77 bits per heavy atom. The van der Waals surface area contributed by atoms with E-state index in [2.05, 4.69) is 8.37 Å². The maximum atomic E-state index is 10.6. The van der Waals surface area contributed by atoms with Crippen molar-refractivity contribution in [1.82, 2.24) is 0 Å². The van der Waals surface area contributed by atoms with Gasteiger partial charge in [0.25, 0.3) is 0 Å². The lowest BCUT2D eigenvalue weighted by Gasteiger charge is -2.05. The van der Waals surface area contributed by atoms with Gasteiger partial charge in [0.05, 0.1) is 26.4 Å². The SMILES string of the molecule is COCCOC[C@@H]1COS(=O)(=O)O1. The summed E-state index contributed by atoms with van der Waals surface area (Å²) in [5, 5.41) is 0. The summed E-state index contributed by atoms with van der Waals surface area (Å²) in [6.07, 6.45) is -0.526. The van der Waals surface area contributed by atoms with Gasteiger partial charge in [-0.2, -0.15) is 8.42 Å². The lowest BCUT2D eigenvalue weighted by atomic mass is 10.4. The largest absolute Gasteiger partial charge is 0.400 e. The van der Waals surface area contributed by atoms with Crippen molar-refractivity contribution < 1.29 is 26.3 Å². The van der Waals surface area contributed by atoms with E-state index in [1.807, 2.05) is 0 Å². The Labute approximate surface area is 77.1 Å². The molecule has 1 fully saturated rings. The minimum atomic E-state index is -3.75. The number of methoxy groups -OCH3 is 1. The molecule has 0 amide bonds. The molecule has 1 aliphatic rings. The summed E-state index contributed by atoms with van der Waals surface area (Å²) in [4.78, 5) is 0. The number of hydrogen-bond acceptors (Lipinski definition) is 6. The Morgan fingerprint density at radius 1 is 1.46 bits per heavy atom. The molecule has 13 heavy (non-hydrogen) atoms. The van der Waals surface area contributed by atoms with E-state index in [4.69, 9.17) is 9.47 Å². The molecule has 0 N–H and O–H groups in total. The van der Waals surface area contributed by atoms with Crippen LogP contribution in [0.2, 0.25) is 0 Å². The van der Waals surface area contributed by atoms with Gasteiger partial charge < -0.3 is 9.47 Å². The molecule has 0 unspecified atom stereocenters. The molecule has 7 heteroatoms. The Kier molecular flexibility index (Phi) is 4.07. The molecular formula is C6H12O6S. The van der Waals surface area contributed by atoms with Gasteiger partial charge in [0.2, 0.25) is 0 Å². The van der Waals surface area contributed by atoms with Crippen LogP contribution in [0.15, 0.2) is 0 Å². The minimum absolute atomic E-state index is 0.0231. The highest BCUT2D eigenvalue weighted by Gasteiger charge is 2.29. The average molecular weight is 212 g/mol. The molecule has 1 saturated heterocycles. The quantitative estimate of drug-likeness (QED) is 0.562. The third-order valence-corrected chi connectivity index (χ3v) is 2.32. The van der Waals surface area contributed by atoms with E-state index in [9.17, 15) is 8.42 Å². The van der Waals surface area contributed by atoms with Crippen molar-refractivity contribution in [3.63, 3.8) is 0 Å². The first kappa shape index (κ1) is 10.9. The van der Waals surface area contributed by atoms with E-state index in [-0.39, 0.29) is 13.2 Å². The van der Waals surface area contributed by atoms with Crippen molar-refractivity contribution in [2.45, 2.75) is 6.10 Å². The van der Waals surface area contributed by atoms with Crippen molar-refractivity contribution in [2.24, 2.45) is 0 Å². The fourth-order valence-corrected chi connectivity index (χ4v) is 1.63. The van der Waals surface area contributed by atoms with Crippen LogP contribution in [-0.4, -0.2) is 48.1 Å². The molecule has 1 heterocycles. The van der Waals surface area contributed by atoms with Crippen LogP contribution in [0.5, 0.6) is 0 Å². The van der Waals surface area contributed by atoms with Gasteiger partial charge in [-0.25, -0.2) is 8.37 Å². The maximum absolute atomic E-state index is 10.6. The Hall–Kier alpha value is -0.210. The fraction of sp³-hybridized carbons (Fsp3) is 1.00. The molecule has 0 aromatic rings. The van der Waals surface area contributed by atoms with Crippen LogP contribution in [0.3, 0.4) is 0 Å². The van der Waals surface area contributed by atoms with E-state index in [1.165, 1.54) is 0 Å². The van der Waals surface area contributed by atoms with Gasteiger partial charge in [-0.3, -0.25) is 0 Å². The van der Waals surface area contributed by atoms with Crippen molar-refractivity contribution in [3.05, 3.63) is 0 Å². The van der Waals surface area contributed by atoms with E-state index >= 15 is 0 Å². The monoisotopic (exact) mass is 212 g/mol. The van der Waals surface area contributed by atoms with Gasteiger partial charge in [-0.05, 0) is 0 Å². The van der Waals surface area contributed by atoms with E-state index in [0.717, 1.165) is 0 Å². The van der Waals surface area contributed by atoms with E-state index in [1.54, 1.807) is 7.11 Å². The average Bonchev–Trinajstić information content (AvgIpc) is 2.40. The van der Waals surface area contributed by atoms with Crippen LogP contribution in [0.4, 0.5) is 0 Å². The van der Waals surface area contributed by atoms with E-state index < -0.39 is 16.5 Å². The molecule has 0 aliphatic carbocycles. The highest BCUT2D eigenvalue weighted by Crippen LogP contribution is 2.12. The van der Waals surface area contributed by atoms with Crippen LogP contribution in [-0.2, 0) is 28.2 Å². The zero-order valence-electron chi connectivity index (χ0n) is 7.26. The van der Waals surface area contributed by atoms with E-state index in [0.29, 0.717) is 13.2 Å².